The fourth-order valence-electron chi connectivity index (χ4n) is 4.92. The number of aromatic hydroxyl groups is 1. The minimum absolute atomic E-state index is 0.181. The van der Waals surface area contributed by atoms with E-state index in [1.807, 2.05) is 28.8 Å². The molecule has 3 aromatic heterocycles. The number of phenolic OH excluding ortho intramolecular Hbond substituents is 1. The van der Waals surface area contributed by atoms with E-state index in [9.17, 15) is 10.2 Å². The Bertz CT molecular complexity index is 1300. The molecule has 2 aliphatic heterocycles. The summed E-state index contributed by atoms with van der Waals surface area (Å²) in [5, 5.41) is 19.3. The third-order valence-corrected chi connectivity index (χ3v) is 6.91. The number of anilines is 3. The molecule has 4 aromatic rings. The Kier molecular flexibility index (Phi) is 5.57. The van der Waals surface area contributed by atoms with Crippen molar-refractivity contribution in [2.75, 3.05) is 60.6 Å². The maximum atomic E-state index is 9.68. The van der Waals surface area contributed by atoms with Gasteiger partial charge in [-0.1, -0.05) is 0 Å². The fraction of sp³-hybridized carbons (Fsp3) is 0.360. The molecule has 10 nitrogen and oxygen atoms in total. The summed E-state index contributed by atoms with van der Waals surface area (Å²) in [5.74, 6) is 2.04. The third-order valence-electron chi connectivity index (χ3n) is 6.91. The maximum Gasteiger partial charge on any atom is 0.229 e. The zero-order valence-electron chi connectivity index (χ0n) is 19.4. The van der Waals surface area contributed by atoms with Gasteiger partial charge in [-0.15, -0.1) is 0 Å². The van der Waals surface area contributed by atoms with E-state index in [-0.39, 0.29) is 18.3 Å². The largest absolute Gasteiger partial charge is 0.508 e. The topological polar surface area (TPSA) is 107 Å². The molecule has 0 bridgehead atoms. The Labute approximate surface area is 203 Å². The van der Waals surface area contributed by atoms with Crippen LogP contribution in [0.25, 0.3) is 16.9 Å². The first-order valence-electron chi connectivity index (χ1n) is 12.0. The van der Waals surface area contributed by atoms with Crippen molar-refractivity contribution in [1.29, 1.82) is 0 Å². The number of aliphatic hydroxyl groups is 1. The molecule has 2 N–H and O–H groups in total. The van der Waals surface area contributed by atoms with Gasteiger partial charge in [0, 0.05) is 63.7 Å². The van der Waals surface area contributed by atoms with Crippen molar-refractivity contribution in [2.24, 2.45) is 5.92 Å². The highest BCUT2D eigenvalue weighted by Gasteiger charge is 2.28. The molecular formula is C25H28N8O2. The number of pyridine rings is 1. The first-order valence-corrected chi connectivity index (χ1v) is 12.0. The summed E-state index contributed by atoms with van der Waals surface area (Å²) in [7, 11) is 0. The summed E-state index contributed by atoms with van der Waals surface area (Å²) in [6.45, 7) is 5.01. The number of aromatic nitrogens is 5. The van der Waals surface area contributed by atoms with Gasteiger partial charge in [0.15, 0.2) is 17.0 Å². The van der Waals surface area contributed by atoms with Crippen LogP contribution in [-0.4, -0.2) is 80.6 Å². The molecule has 6 rings (SSSR count). The fourth-order valence-corrected chi connectivity index (χ4v) is 4.92. The second kappa shape index (κ2) is 9.03. The van der Waals surface area contributed by atoms with Gasteiger partial charge in [-0.05, 0) is 42.8 Å². The molecule has 35 heavy (non-hydrogen) atoms. The van der Waals surface area contributed by atoms with Gasteiger partial charge in [0.05, 0.1) is 11.9 Å². The smallest absolute Gasteiger partial charge is 0.229 e. The molecule has 0 unspecified atom stereocenters. The average molecular weight is 473 g/mol. The van der Waals surface area contributed by atoms with E-state index >= 15 is 0 Å². The van der Waals surface area contributed by atoms with E-state index in [0.717, 1.165) is 74.0 Å². The van der Waals surface area contributed by atoms with Gasteiger partial charge in [-0.25, -0.2) is 4.98 Å². The van der Waals surface area contributed by atoms with E-state index in [1.165, 1.54) is 0 Å². The zero-order valence-corrected chi connectivity index (χ0v) is 19.4. The highest BCUT2D eigenvalue weighted by Crippen LogP contribution is 2.31. The van der Waals surface area contributed by atoms with Crippen LogP contribution in [0, 0.1) is 5.92 Å². The van der Waals surface area contributed by atoms with Crippen LogP contribution in [0.3, 0.4) is 0 Å². The second-order valence-corrected chi connectivity index (χ2v) is 9.12. The lowest BCUT2D eigenvalue weighted by atomic mass is 10.1. The minimum Gasteiger partial charge on any atom is -0.508 e. The normalized spacial score (nSPS) is 18.5. The summed E-state index contributed by atoms with van der Waals surface area (Å²) in [6, 6.07) is 11.2. The van der Waals surface area contributed by atoms with Crippen molar-refractivity contribution < 1.29 is 10.2 Å². The van der Waals surface area contributed by atoms with Crippen LogP contribution < -0.4 is 14.7 Å². The van der Waals surface area contributed by atoms with Crippen LogP contribution in [0.1, 0.15) is 6.42 Å². The standard InChI is InChI=1S/C25H28N8O2/c34-16-18-7-9-32(15-18)23-22-24(33(17-27-22)20-2-1-8-26-14-20)29-25(28-23)31-12-10-30(11-13-31)19-3-5-21(35)6-4-19/h1-6,8,14,17-18,34-35H,7,9-13,15-16H2/t18-/m1/s1. The van der Waals surface area contributed by atoms with Crippen molar-refractivity contribution in [1.82, 2.24) is 24.5 Å². The lowest BCUT2D eigenvalue weighted by Gasteiger charge is -2.36. The van der Waals surface area contributed by atoms with E-state index in [2.05, 4.69) is 19.7 Å². The third kappa shape index (κ3) is 4.10. The molecule has 2 saturated heterocycles. The Balaban J connectivity index is 1.34. The molecular weight excluding hydrogens is 444 g/mol. The van der Waals surface area contributed by atoms with Crippen molar-refractivity contribution in [3.8, 4) is 11.4 Å². The van der Waals surface area contributed by atoms with Gasteiger partial charge in [0.1, 0.15) is 12.1 Å². The van der Waals surface area contributed by atoms with Crippen LogP contribution in [0.2, 0.25) is 0 Å². The number of rotatable bonds is 5. The molecule has 5 heterocycles. The number of hydrogen-bond acceptors (Lipinski definition) is 9. The number of imidazole rings is 1. The first-order chi connectivity index (χ1) is 17.2. The molecule has 1 atom stereocenters. The molecule has 1 aromatic carbocycles. The molecule has 0 aliphatic carbocycles. The van der Waals surface area contributed by atoms with Crippen LogP contribution in [0.4, 0.5) is 17.5 Å². The van der Waals surface area contributed by atoms with Crippen LogP contribution >= 0.6 is 0 Å². The van der Waals surface area contributed by atoms with Crippen molar-refractivity contribution in [3.05, 3.63) is 55.1 Å². The van der Waals surface area contributed by atoms with E-state index in [1.54, 1.807) is 30.9 Å². The predicted octanol–water partition coefficient (Wildman–Crippen LogP) is 2.06. The number of nitrogens with zero attached hydrogens (tertiary/aromatic N) is 8. The van der Waals surface area contributed by atoms with Gasteiger partial charge in [-0.3, -0.25) is 9.55 Å². The quantitative estimate of drug-likeness (QED) is 0.451. The number of aliphatic hydroxyl groups excluding tert-OH is 1. The number of benzene rings is 1. The van der Waals surface area contributed by atoms with Crippen LogP contribution in [-0.2, 0) is 0 Å². The Morgan fingerprint density at radius 1 is 0.886 bits per heavy atom. The lowest BCUT2D eigenvalue weighted by Crippen LogP contribution is -2.47. The Hall–Kier alpha value is -3.92. The molecule has 0 saturated carbocycles. The highest BCUT2D eigenvalue weighted by atomic mass is 16.3. The SMILES string of the molecule is OC[C@@H]1CCN(c2nc(N3CCN(c4ccc(O)cc4)CC3)nc3c2ncn3-c2cccnc2)C1. The monoisotopic (exact) mass is 472 g/mol. The van der Waals surface area contributed by atoms with E-state index in [4.69, 9.17) is 15.0 Å². The number of piperazine rings is 1. The van der Waals surface area contributed by atoms with Gasteiger partial charge in [0.25, 0.3) is 0 Å². The Morgan fingerprint density at radius 3 is 2.40 bits per heavy atom. The molecule has 2 fully saturated rings. The molecule has 2 aliphatic rings. The molecule has 180 valence electrons. The molecule has 10 heteroatoms. The summed E-state index contributed by atoms with van der Waals surface area (Å²) in [6.07, 6.45) is 6.27. The van der Waals surface area contributed by atoms with Crippen molar-refractivity contribution in [3.63, 3.8) is 0 Å². The summed E-state index contributed by atoms with van der Waals surface area (Å²) < 4.78 is 1.96. The molecule has 0 radical (unpaired) electrons. The summed E-state index contributed by atoms with van der Waals surface area (Å²) >= 11 is 0. The lowest BCUT2D eigenvalue weighted by molar-refractivity contribution is 0.238. The predicted molar refractivity (Wildman–Crippen MR) is 134 cm³/mol. The Morgan fingerprint density at radius 2 is 1.69 bits per heavy atom. The van der Waals surface area contributed by atoms with Crippen molar-refractivity contribution in [2.45, 2.75) is 6.42 Å². The molecule has 0 spiro atoms. The zero-order chi connectivity index (χ0) is 23.8. The maximum absolute atomic E-state index is 9.68. The number of fused-ring (bicyclic) bond motifs is 1. The van der Waals surface area contributed by atoms with Gasteiger partial charge in [0.2, 0.25) is 5.95 Å². The van der Waals surface area contributed by atoms with Gasteiger partial charge < -0.3 is 24.9 Å². The number of phenols is 1. The van der Waals surface area contributed by atoms with Crippen LogP contribution in [0.5, 0.6) is 5.75 Å². The van der Waals surface area contributed by atoms with E-state index in [0.29, 0.717) is 5.95 Å². The highest BCUT2D eigenvalue weighted by molar-refractivity contribution is 5.86. The van der Waals surface area contributed by atoms with E-state index < -0.39 is 0 Å². The molecule has 0 amide bonds. The van der Waals surface area contributed by atoms with Gasteiger partial charge in [-0.2, -0.15) is 9.97 Å². The van der Waals surface area contributed by atoms with Crippen molar-refractivity contribution >= 4 is 28.6 Å². The summed E-state index contributed by atoms with van der Waals surface area (Å²) in [5.41, 5.74) is 3.52. The average Bonchev–Trinajstić information content (AvgIpc) is 3.57. The first kappa shape index (κ1) is 21.6. The van der Waals surface area contributed by atoms with Gasteiger partial charge >= 0.3 is 0 Å². The second-order valence-electron chi connectivity index (χ2n) is 9.12. The minimum atomic E-state index is 0.181. The van der Waals surface area contributed by atoms with Crippen LogP contribution in [0.15, 0.2) is 55.1 Å². The summed E-state index contributed by atoms with van der Waals surface area (Å²) in [4.78, 5) is 25.7. The number of hydrogen-bond donors (Lipinski definition) is 2.